The molecule has 0 aliphatic heterocycles. The van der Waals surface area contributed by atoms with Crippen LogP contribution in [-0.4, -0.2) is 10.3 Å². The highest BCUT2D eigenvalue weighted by Gasteiger charge is 2.01. The molecule has 0 atom stereocenters. The van der Waals surface area contributed by atoms with Gasteiger partial charge < -0.3 is 5.32 Å². The van der Waals surface area contributed by atoms with E-state index in [9.17, 15) is 4.79 Å². The van der Waals surface area contributed by atoms with Crippen LogP contribution in [0, 0.1) is 0 Å². The van der Waals surface area contributed by atoms with Crippen molar-refractivity contribution in [3.8, 4) is 0 Å². The van der Waals surface area contributed by atoms with Crippen LogP contribution in [0.15, 0.2) is 28.7 Å². The Morgan fingerprint density at radius 2 is 2.17 bits per heavy atom. The summed E-state index contributed by atoms with van der Waals surface area (Å²) in [5, 5.41) is 2.77. The van der Waals surface area contributed by atoms with E-state index in [1.165, 1.54) is 0 Å². The molecule has 0 fully saturated rings. The highest BCUT2D eigenvalue weighted by atomic mass is 127. The van der Waals surface area contributed by atoms with Gasteiger partial charge in [-0.15, -0.1) is 0 Å². The Hall–Kier alpha value is -0.100. The van der Waals surface area contributed by atoms with Crippen LogP contribution < -0.4 is 5.32 Å². The van der Waals surface area contributed by atoms with Gasteiger partial charge in [-0.05, 0) is 28.1 Å². The van der Waals surface area contributed by atoms with Crippen molar-refractivity contribution < 1.29 is 4.79 Å². The molecule has 0 heterocycles. The standard InChI is InChI=1S/C8H7BrINO/c9-6-3-1-2-4-7(6)11-8(12)5-10/h1-4H,5H2,(H,11,12). The molecule has 1 amide bonds. The lowest BCUT2D eigenvalue weighted by Crippen LogP contribution is -2.12. The van der Waals surface area contributed by atoms with Crippen LogP contribution in [0.25, 0.3) is 0 Å². The molecule has 4 heteroatoms. The first-order chi connectivity index (χ1) is 5.74. The lowest BCUT2D eigenvalue weighted by Gasteiger charge is -2.04. The van der Waals surface area contributed by atoms with E-state index in [4.69, 9.17) is 0 Å². The van der Waals surface area contributed by atoms with E-state index in [1.807, 2.05) is 46.9 Å². The Bertz CT molecular complexity index is 290. The van der Waals surface area contributed by atoms with Crippen LogP contribution in [0.1, 0.15) is 0 Å². The molecule has 1 N–H and O–H groups in total. The number of carbonyl (C=O) groups excluding carboxylic acids is 1. The Morgan fingerprint density at radius 3 is 2.75 bits per heavy atom. The van der Waals surface area contributed by atoms with Gasteiger partial charge in [-0.3, -0.25) is 4.79 Å². The molecule has 2 nitrogen and oxygen atoms in total. The van der Waals surface area contributed by atoms with Crippen LogP contribution in [0.5, 0.6) is 0 Å². The number of rotatable bonds is 2. The number of hydrogen-bond acceptors (Lipinski definition) is 1. The number of para-hydroxylation sites is 1. The third-order valence-corrected chi connectivity index (χ3v) is 2.65. The summed E-state index contributed by atoms with van der Waals surface area (Å²) in [6.07, 6.45) is 0. The Balaban J connectivity index is 2.75. The number of hydrogen-bond donors (Lipinski definition) is 1. The first kappa shape index (κ1) is 9.98. The molecule has 0 saturated heterocycles. The number of amides is 1. The predicted octanol–water partition coefficient (Wildman–Crippen LogP) is 2.82. The van der Waals surface area contributed by atoms with Gasteiger partial charge in [0.2, 0.25) is 5.91 Å². The van der Waals surface area contributed by atoms with Gasteiger partial charge in [0.05, 0.1) is 10.1 Å². The molecular formula is C8H7BrINO. The molecule has 1 aromatic carbocycles. The Morgan fingerprint density at radius 1 is 1.50 bits per heavy atom. The summed E-state index contributed by atoms with van der Waals surface area (Å²) in [6.45, 7) is 0. The van der Waals surface area contributed by atoms with Gasteiger partial charge in [-0.1, -0.05) is 34.7 Å². The van der Waals surface area contributed by atoms with Crippen molar-refractivity contribution in [3.63, 3.8) is 0 Å². The lowest BCUT2D eigenvalue weighted by molar-refractivity contribution is -0.113. The highest BCUT2D eigenvalue weighted by Crippen LogP contribution is 2.20. The number of benzene rings is 1. The molecule has 1 rings (SSSR count). The second-order valence-corrected chi connectivity index (χ2v) is 3.78. The summed E-state index contributed by atoms with van der Waals surface area (Å²) < 4.78 is 1.38. The summed E-state index contributed by atoms with van der Waals surface area (Å²) in [7, 11) is 0. The van der Waals surface area contributed by atoms with Crippen molar-refractivity contribution in [1.29, 1.82) is 0 Å². The number of alkyl halides is 1. The maximum Gasteiger partial charge on any atom is 0.234 e. The normalized spacial score (nSPS) is 9.50. The summed E-state index contributed by atoms with van der Waals surface area (Å²) >= 11 is 5.36. The fraction of sp³-hybridized carbons (Fsp3) is 0.125. The third kappa shape index (κ3) is 2.75. The molecule has 64 valence electrons. The quantitative estimate of drug-likeness (QED) is 0.651. The van der Waals surface area contributed by atoms with Gasteiger partial charge >= 0.3 is 0 Å². The van der Waals surface area contributed by atoms with Crippen LogP contribution in [-0.2, 0) is 4.79 Å². The molecule has 0 aliphatic carbocycles. The maximum atomic E-state index is 11.0. The molecule has 0 saturated carbocycles. The summed E-state index contributed by atoms with van der Waals surface area (Å²) in [5.41, 5.74) is 0.819. The van der Waals surface area contributed by atoms with Crippen molar-refractivity contribution in [3.05, 3.63) is 28.7 Å². The molecule has 0 radical (unpaired) electrons. The first-order valence-corrected chi connectivity index (χ1v) is 5.66. The van der Waals surface area contributed by atoms with E-state index < -0.39 is 0 Å². The Kier molecular flexibility index (Phi) is 4.00. The van der Waals surface area contributed by atoms with Crippen molar-refractivity contribution in [2.24, 2.45) is 0 Å². The zero-order valence-electron chi connectivity index (χ0n) is 6.18. The number of anilines is 1. The van der Waals surface area contributed by atoms with Crippen LogP contribution in [0.4, 0.5) is 5.69 Å². The van der Waals surface area contributed by atoms with E-state index >= 15 is 0 Å². The monoisotopic (exact) mass is 339 g/mol. The highest BCUT2D eigenvalue weighted by molar-refractivity contribution is 14.1. The lowest BCUT2D eigenvalue weighted by atomic mass is 10.3. The van der Waals surface area contributed by atoms with Crippen molar-refractivity contribution >= 4 is 50.1 Å². The maximum absolute atomic E-state index is 11.0. The smallest absolute Gasteiger partial charge is 0.234 e. The minimum atomic E-state index is 0.0162. The van der Waals surface area contributed by atoms with Gasteiger partial charge in [-0.25, -0.2) is 0 Å². The average Bonchev–Trinajstić information content (AvgIpc) is 2.09. The zero-order valence-corrected chi connectivity index (χ0v) is 9.92. The summed E-state index contributed by atoms with van der Waals surface area (Å²) in [6, 6.07) is 7.54. The first-order valence-electron chi connectivity index (χ1n) is 3.34. The van der Waals surface area contributed by atoms with Crippen molar-refractivity contribution in [1.82, 2.24) is 0 Å². The van der Waals surface area contributed by atoms with E-state index in [2.05, 4.69) is 21.2 Å². The minimum absolute atomic E-state index is 0.0162. The van der Waals surface area contributed by atoms with Crippen LogP contribution in [0.2, 0.25) is 0 Å². The van der Waals surface area contributed by atoms with Gasteiger partial charge in [0, 0.05) is 4.47 Å². The second-order valence-electron chi connectivity index (χ2n) is 2.16. The number of nitrogens with one attached hydrogen (secondary N) is 1. The molecule has 0 spiro atoms. The molecule has 12 heavy (non-hydrogen) atoms. The fourth-order valence-corrected chi connectivity index (χ4v) is 1.32. The topological polar surface area (TPSA) is 29.1 Å². The average molecular weight is 340 g/mol. The molecule has 1 aromatic rings. The number of halogens is 2. The minimum Gasteiger partial charge on any atom is -0.324 e. The predicted molar refractivity (Wildman–Crippen MR) is 61.7 cm³/mol. The van der Waals surface area contributed by atoms with Crippen LogP contribution in [0.3, 0.4) is 0 Å². The molecule has 0 bridgehead atoms. The molecule has 0 aliphatic rings. The van der Waals surface area contributed by atoms with Gasteiger partial charge in [-0.2, -0.15) is 0 Å². The summed E-state index contributed by atoms with van der Waals surface area (Å²) in [4.78, 5) is 11.0. The van der Waals surface area contributed by atoms with Crippen LogP contribution >= 0.6 is 38.5 Å². The number of carbonyl (C=O) groups is 1. The van der Waals surface area contributed by atoms with E-state index in [0.29, 0.717) is 4.43 Å². The molecular weight excluding hydrogens is 333 g/mol. The molecule has 0 aromatic heterocycles. The Labute approximate surface area is 93.0 Å². The largest absolute Gasteiger partial charge is 0.324 e. The van der Waals surface area contributed by atoms with Gasteiger partial charge in [0.15, 0.2) is 0 Å². The van der Waals surface area contributed by atoms with Gasteiger partial charge in [0.25, 0.3) is 0 Å². The van der Waals surface area contributed by atoms with E-state index in [1.54, 1.807) is 0 Å². The SMILES string of the molecule is O=C(CI)Nc1ccccc1Br. The van der Waals surface area contributed by atoms with Crippen molar-refractivity contribution in [2.45, 2.75) is 0 Å². The second kappa shape index (κ2) is 4.81. The zero-order chi connectivity index (χ0) is 8.97. The van der Waals surface area contributed by atoms with E-state index in [0.717, 1.165) is 10.2 Å². The van der Waals surface area contributed by atoms with E-state index in [-0.39, 0.29) is 5.91 Å². The third-order valence-electron chi connectivity index (χ3n) is 1.27. The fourth-order valence-electron chi connectivity index (χ4n) is 0.746. The van der Waals surface area contributed by atoms with Gasteiger partial charge in [0.1, 0.15) is 0 Å². The van der Waals surface area contributed by atoms with Crippen molar-refractivity contribution in [2.75, 3.05) is 9.74 Å². The summed E-state index contributed by atoms with van der Waals surface area (Å²) in [5.74, 6) is 0.0162. The molecule has 0 unspecified atom stereocenters.